The van der Waals surface area contributed by atoms with Gasteiger partial charge in [-0.25, -0.2) is 9.37 Å². The largest absolute Gasteiger partial charge is 0.357 e. The average molecular weight is 497 g/mol. The molecule has 0 aliphatic carbocycles. The molecule has 4 rings (SSSR count). The third-order valence-corrected chi connectivity index (χ3v) is 6.11. The molecule has 1 aliphatic rings. The molecule has 0 spiro atoms. The molecule has 0 unspecified atom stereocenters. The van der Waals surface area contributed by atoms with Crippen LogP contribution in [-0.2, 0) is 4.79 Å². The number of carbonyl (C=O) groups is 2. The van der Waals surface area contributed by atoms with E-state index in [0.29, 0.717) is 29.9 Å². The molecule has 0 radical (unpaired) electrons. The van der Waals surface area contributed by atoms with E-state index in [0.717, 1.165) is 24.0 Å². The first-order valence-corrected chi connectivity index (χ1v) is 11.7. The summed E-state index contributed by atoms with van der Waals surface area (Å²) in [5, 5.41) is 11.7. The van der Waals surface area contributed by atoms with Crippen molar-refractivity contribution in [2.24, 2.45) is 0 Å². The van der Waals surface area contributed by atoms with Crippen molar-refractivity contribution in [2.75, 3.05) is 24.2 Å². The lowest BCUT2D eigenvalue weighted by Gasteiger charge is -2.17. The summed E-state index contributed by atoms with van der Waals surface area (Å²) in [5.74, 6) is -0.330. The summed E-state index contributed by atoms with van der Waals surface area (Å²) in [7, 11) is 1.57. The molecule has 10 heteroatoms. The SMILES string of the molecule is CNC(=O)c1ccc(-c2cc(F)c(Nc3ncc(Cl)c(N[C@@H]4CCCCNC4=O)n3)cc2C)cc1. The minimum absolute atomic E-state index is 0.104. The number of benzene rings is 2. The van der Waals surface area contributed by atoms with Gasteiger partial charge in [-0.1, -0.05) is 23.7 Å². The molecule has 35 heavy (non-hydrogen) atoms. The summed E-state index contributed by atoms with van der Waals surface area (Å²) in [6.07, 6.45) is 3.88. The van der Waals surface area contributed by atoms with Gasteiger partial charge in [0.25, 0.3) is 5.91 Å². The minimum Gasteiger partial charge on any atom is -0.357 e. The van der Waals surface area contributed by atoms with Gasteiger partial charge in [-0.3, -0.25) is 9.59 Å². The van der Waals surface area contributed by atoms with Crippen molar-refractivity contribution >= 4 is 40.9 Å². The molecule has 4 N–H and O–H groups in total. The van der Waals surface area contributed by atoms with Gasteiger partial charge in [-0.2, -0.15) is 4.98 Å². The van der Waals surface area contributed by atoms with Crippen molar-refractivity contribution in [1.29, 1.82) is 0 Å². The molecular weight excluding hydrogens is 471 g/mol. The second-order valence-corrected chi connectivity index (χ2v) is 8.71. The molecule has 1 aromatic heterocycles. The summed E-state index contributed by atoms with van der Waals surface area (Å²) < 4.78 is 15.0. The molecule has 8 nitrogen and oxygen atoms in total. The molecule has 1 fully saturated rings. The topological polar surface area (TPSA) is 108 Å². The molecule has 2 amide bonds. The van der Waals surface area contributed by atoms with Gasteiger partial charge in [-0.15, -0.1) is 0 Å². The van der Waals surface area contributed by atoms with Crippen LogP contribution in [0.4, 0.5) is 21.8 Å². The number of rotatable bonds is 6. The van der Waals surface area contributed by atoms with Gasteiger partial charge in [-0.05, 0) is 67.1 Å². The van der Waals surface area contributed by atoms with E-state index in [-0.39, 0.29) is 28.5 Å². The van der Waals surface area contributed by atoms with E-state index in [1.165, 1.54) is 12.3 Å². The molecule has 1 atom stereocenters. The minimum atomic E-state index is -0.489. The molecule has 3 aromatic rings. The monoisotopic (exact) mass is 496 g/mol. The number of hydrogen-bond acceptors (Lipinski definition) is 6. The standard InChI is InChI=1S/C25H26ClFN6O2/c1-14-11-21(19(27)12-17(14)15-6-8-16(9-7-15)23(34)28-2)32-25-30-13-18(26)22(33-25)31-20-5-3-4-10-29-24(20)35/h6-9,11-13,20H,3-5,10H2,1-2H3,(H,28,34)(H,29,35)(H2,30,31,32,33)/t20-/m1/s1. The molecular formula is C25H26ClFN6O2. The summed E-state index contributed by atoms with van der Waals surface area (Å²) in [6, 6.07) is 9.60. The highest BCUT2D eigenvalue weighted by Gasteiger charge is 2.22. The highest BCUT2D eigenvalue weighted by Crippen LogP contribution is 2.30. The van der Waals surface area contributed by atoms with Crippen LogP contribution in [0.25, 0.3) is 11.1 Å². The maximum atomic E-state index is 15.0. The Morgan fingerprint density at radius 2 is 1.97 bits per heavy atom. The van der Waals surface area contributed by atoms with E-state index in [1.807, 2.05) is 6.92 Å². The summed E-state index contributed by atoms with van der Waals surface area (Å²) in [4.78, 5) is 32.5. The van der Waals surface area contributed by atoms with Gasteiger partial charge in [0.2, 0.25) is 11.9 Å². The first-order valence-electron chi connectivity index (χ1n) is 11.3. The lowest BCUT2D eigenvalue weighted by Crippen LogP contribution is -2.38. The van der Waals surface area contributed by atoms with Gasteiger partial charge in [0.05, 0.1) is 11.9 Å². The number of amides is 2. The van der Waals surface area contributed by atoms with Crippen molar-refractivity contribution in [3.05, 3.63) is 64.6 Å². The van der Waals surface area contributed by atoms with Crippen molar-refractivity contribution in [3.63, 3.8) is 0 Å². The van der Waals surface area contributed by atoms with Crippen LogP contribution >= 0.6 is 11.6 Å². The second-order valence-electron chi connectivity index (χ2n) is 8.30. The van der Waals surface area contributed by atoms with E-state index in [4.69, 9.17) is 11.6 Å². The molecule has 0 bridgehead atoms. The van der Waals surface area contributed by atoms with Crippen LogP contribution in [-0.4, -0.2) is 41.4 Å². The van der Waals surface area contributed by atoms with Crippen molar-refractivity contribution in [3.8, 4) is 11.1 Å². The second kappa shape index (κ2) is 10.7. The molecule has 2 aromatic carbocycles. The normalized spacial score (nSPS) is 15.7. The van der Waals surface area contributed by atoms with Gasteiger partial charge in [0, 0.05) is 19.2 Å². The Labute approximate surface area is 207 Å². The van der Waals surface area contributed by atoms with Gasteiger partial charge in [0.15, 0.2) is 5.82 Å². The predicted molar refractivity (Wildman–Crippen MR) is 135 cm³/mol. The number of nitrogens with zero attached hydrogens (tertiary/aromatic N) is 2. The zero-order valence-electron chi connectivity index (χ0n) is 19.4. The summed E-state index contributed by atoms with van der Waals surface area (Å²) in [6.45, 7) is 2.52. The smallest absolute Gasteiger partial charge is 0.251 e. The number of aryl methyl sites for hydroxylation is 1. The quantitative estimate of drug-likeness (QED) is 0.402. The Kier molecular flexibility index (Phi) is 7.45. The summed E-state index contributed by atoms with van der Waals surface area (Å²) >= 11 is 6.25. The van der Waals surface area contributed by atoms with Crippen molar-refractivity contribution < 1.29 is 14.0 Å². The highest BCUT2D eigenvalue weighted by molar-refractivity contribution is 6.32. The third kappa shape index (κ3) is 5.68. The van der Waals surface area contributed by atoms with Gasteiger partial charge in [0.1, 0.15) is 16.9 Å². The van der Waals surface area contributed by atoms with Crippen LogP contribution < -0.4 is 21.3 Å². The lowest BCUT2D eigenvalue weighted by molar-refractivity contribution is -0.121. The van der Waals surface area contributed by atoms with E-state index in [1.54, 1.807) is 37.4 Å². The molecule has 182 valence electrons. The zero-order chi connectivity index (χ0) is 24.9. The Bertz CT molecular complexity index is 1250. The van der Waals surface area contributed by atoms with Crippen LogP contribution in [0, 0.1) is 12.7 Å². The molecule has 1 saturated heterocycles. The zero-order valence-corrected chi connectivity index (χ0v) is 20.2. The van der Waals surface area contributed by atoms with Crippen LogP contribution in [0.5, 0.6) is 0 Å². The van der Waals surface area contributed by atoms with Gasteiger partial charge >= 0.3 is 0 Å². The number of carbonyl (C=O) groups excluding carboxylic acids is 2. The third-order valence-electron chi connectivity index (χ3n) is 5.84. The van der Waals surface area contributed by atoms with Crippen LogP contribution in [0.2, 0.25) is 5.02 Å². The Balaban J connectivity index is 1.54. The van der Waals surface area contributed by atoms with Crippen LogP contribution in [0.15, 0.2) is 42.6 Å². The first kappa shape index (κ1) is 24.4. The molecule has 1 aliphatic heterocycles. The molecule has 2 heterocycles. The maximum Gasteiger partial charge on any atom is 0.251 e. The lowest BCUT2D eigenvalue weighted by atomic mass is 9.98. The fraction of sp³-hybridized carbons (Fsp3) is 0.280. The van der Waals surface area contributed by atoms with E-state index >= 15 is 4.39 Å². The van der Waals surface area contributed by atoms with Gasteiger partial charge < -0.3 is 21.3 Å². The number of anilines is 3. The average Bonchev–Trinajstić information content (AvgIpc) is 3.06. The predicted octanol–water partition coefficient (Wildman–Crippen LogP) is 4.43. The number of aromatic nitrogens is 2. The van der Waals surface area contributed by atoms with E-state index < -0.39 is 11.9 Å². The van der Waals surface area contributed by atoms with E-state index in [9.17, 15) is 9.59 Å². The Morgan fingerprint density at radius 1 is 1.20 bits per heavy atom. The number of hydrogen-bond donors (Lipinski definition) is 4. The first-order chi connectivity index (χ1) is 16.9. The summed E-state index contributed by atoms with van der Waals surface area (Å²) in [5.41, 5.74) is 3.04. The Morgan fingerprint density at radius 3 is 2.71 bits per heavy atom. The van der Waals surface area contributed by atoms with Crippen molar-refractivity contribution in [2.45, 2.75) is 32.2 Å². The Hall–Kier alpha value is -3.72. The van der Waals surface area contributed by atoms with E-state index in [2.05, 4.69) is 31.2 Å². The van der Waals surface area contributed by atoms with Crippen LogP contribution in [0.3, 0.4) is 0 Å². The maximum absolute atomic E-state index is 15.0. The number of halogens is 2. The van der Waals surface area contributed by atoms with Crippen molar-refractivity contribution in [1.82, 2.24) is 20.6 Å². The fourth-order valence-corrected chi connectivity index (χ4v) is 4.07. The fourth-order valence-electron chi connectivity index (χ4n) is 3.92. The number of nitrogens with one attached hydrogen (secondary N) is 4. The molecule has 0 saturated carbocycles. The van der Waals surface area contributed by atoms with Crippen LogP contribution in [0.1, 0.15) is 35.2 Å². The highest BCUT2D eigenvalue weighted by atomic mass is 35.5.